The second-order valence-electron chi connectivity index (χ2n) is 6.92. The van der Waals surface area contributed by atoms with Gasteiger partial charge in [0.2, 0.25) is 0 Å². The molecule has 27 heavy (non-hydrogen) atoms. The van der Waals surface area contributed by atoms with Crippen molar-refractivity contribution in [1.29, 1.82) is 0 Å². The Hall–Kier alpha value is -2.44. The van der Waals surface area contributed by atoms with Crippen LogP contribution in [-0.2, 0) is 37.3 Å². The molecule has 0 spiro atoms. The zero-order chi connectivity index (χ0) is 18.6. The monoisotopic (exact) mass is 365 g/mol. The summed E-state index contributed by atoms with van der Waals surface area (Å²) in [6, 6.07) is 10.5. The number of hydrogen-bond acceptors (Lipinski definition) is 4. The van der Waals surface area contributed by atoms with E-state index in [4.69, 9.17) is 9.72 Å². The number of aryl methyl sites for hydroxylation is 1. The molecule has 1 aromatic carbocycles. The maximum atomic E-state index is 5.29. The summed E-state index contributed by atoms with van der Waals surface area (Å²) in [5.74, 6) is 2.26. The van der Waals surface area contributed by atoms with Gasteiger partial charge in [0, 0.05) is 57.7 Å². The third kappa shape index (κ3) is 3.68. The molecular formula is C21H27N5O. The average Bonchev–Trinajstić information content (AvgIpc) is 3.31. The summed E-state index contributed by atoms with van der Waals surface area (Å²) < 4.78 is 9.90. The number of nitrogens with zero attached hydrogens (tertiary/aromatic N) is 5. The van der Waals surface area contributed by atoms with Crippen LogP contribution in [0.15, 0.2) is 42.7 Å². The Morgan fingerprint density at radius 1 is 1.11 bits per heavy atom. The topological polar surface area (TPSA) is 48.1 Å². The number of benzene rings is 1. The number of ether oxygens (including phenoxy) is 1. The van der Waals surface area contributed by atoms with Crippen LogP contribution in [0.25, 0.3) is 11.3 Å². The molecule has 0 saturated heterocycles. The van der Waals surface area contributed by atoms with Gasteiger partial charge in [-0.1, -0.05) is 30.3 Å². The molecule has 4 rings (SSSR count). The minimum atomic E-state index is 0.697. The first-order valence-corrected chi connectivity index (χ1v) is 9.65. The summed E-state index contributed by atoms with van der Waals surface area (Å²) in [7, 11) is 1.75. The van der Waals surface area contributed by atoms with E-state index in [1.165, 1.54) is 11.3 Å². The van der Waals surface area contributed by atoms with Crippen molar-refractivity contribution in [3.63, 3.8) is 0 Å². The summed E-state index contributed by atoms with van der Waals surface area (Å²) in [5, 5.41) is 0. The van der Waals surface area contributed by atoms with Crippen molar-refractivity contribution >= 4 is 0 Å². The van der Waals surface area contributed by atoms with Gasteiger partial charge < -0.3 is 13.9 Å². The minimum absolute atomic E-state index is 0.697. The van der Waals surface area contributed by atoms with Crippen LogP contribution in [0.3, 0.4) is 0 Å². The quantitative estimate of drug-likeness (QED) is 0.646. The van der Waals surface area contributed by atoms with Gasteiger partial charge in [0.25, 0.3) is 0 Å². The molecule has 0 saturated carbocycles. The Balaban J connectivity index is 1.63. The van der Waals surface area contributed by atoms with Crippen LogP contribution in [0.2, 0.25) is 0 Å². The number of rotatable bonds is 7. The lowest BCUT2D eigenvalue weighted by Gasteiger charge is -2.29. The highest BCUT2D eigenvalue weighted by Gasteiger charge is 2.25. The van der Waals surface area contributed by atoms with Gasteiger partial charge in [0.15, 0.2) is 0 Å². The van der Waals surface area contributed by atoms with Crippen LogP contribution >= 0.6 is 0 Å². The van der Waals surface area contributed by atoms with Crippen LogP contribution in [0, 0.1) is 0 Å². The highest BCUT2D eigenvalue weighted by atomic mass is 16.5. The van der Waals surface area contributed by atoms with Crippen molar-refractivity contribution in [1.82, 2.24) is 24.0 Å². The predicted molar refractivity (Wildman–Crippen MR) is 105 cm³/mol. The highest BCUT2D eigenvalue weighted by molar-refractivity contribution is 5.62. The van der Waals surface area contributed by atoms with Crippen molar-refractivity contribution < 1.29 is 4.74 Å². The Morgan fingerprint density at radius 3 is 2.74 bits per heavy atom. The fraction of sp³-hybridized carbons (Fsp3) is 0.429. The first kappa shape index (κ1) is 17.9. The summed E-state index contributed by atoms with van der Waals surface area (Å²) in [6.45, 7) is 7.54. The molecule has 2 aromatic heterocycles. The zero-order valence-electron chi connectivity index (χ0n) is 16.1. The Morgan fingerprint density at radius 2 is 1.96 bits per heavy atom. The van der Waals surface area contributed by atoms with E-state index in [2.05, 4.69) is 62.5 Å². The summed E-state index contributed by atoms with van der Waals surface area (Å²) >= 11 is 0. The maximum Gasteiger partial charge on any atom is 0.122 e. The second-order valence-corrected chi connectivity index (χ2v) is 6.92. The van der Waals surface area contributed by atoms with Crippen LogP contribution in [0.5, 0.6) is 0 Å². The normalized spacial score (nSPS) is 14.4. The maximum absolute atomic E-state index is 5.29. The van der Waals surface area contributed by atoms with E-state index in [-0.39, 0.29) is 0 Å². The lowest BCUT2D eigenvalue weighted by molar-refractivity contribution is 0.190. The number of aromatic nitrogens is 4. The van der Waals surface area contributed by atoms with Crippen LogP contribution in [0.4, 0.5) is 0 Å². The van der Waals surface area contributed by atoms with Gasteiger partial charge in [-0.3, -0.25) is 4.90 Å². The number of methoxy groups -OCH3 is 1. The molecular weight excluding hydrogens is 338 g/mol. The first-order chi connectivity index (χ1) is 13.3. The Bertz CT molecular complexity index is 883. The van der Waals surface area contributed by atoms with Gasteiger partial charge in [-0.15, -0.1) is 0 Å². The Kier molecular flexibility index (Phi) is 5.36. The highest BCUT2D eigenvalue weighted by Crippen LogP contribution is 2.28. The number of fused-ring (bicyclic) bond motifs is 1. The molecule has 0 radical (unpaired) electrons. The molecule has 6 nitrogen and oxygen atoms in total. The van der Waals surface area contributed by atoms with E-state index in [9.17, 15) is 0 Å². The summed E-state index contributed by atoms with van der Waals surface area (Å²) in [4.78, 5) is 12.0. The smallest absolute Gasteiger partial charge is 0.122 e. The zero-order valence-corrected chi connectivity index (χ0v) is 16.1. The molecule has 1 aliphatic rings. The van der Waals surface area contributed by atoms with Crippen molar-refractivity contribution in [3.8, 4) is 11.3 Å². The standard InChI is InChI=1S/C21H27N5O/c1-3-25-11-10-22-20(25)16-24-12-13-26-18(15-24)21(17-7-5-4-6-8-17)23-19(26)9-14-27-2/h4-8,10-11H,3,9,12-16H2,1-2H3. The van der Waals surface area contributed by atoms with Gasteiger partial charge in [-0.25, -0.2) is 9.97 Å². The molecule has 0 aliphatic carbocycles. The molecule has 0 unspecified atom stereocenters. The van der Waals surface area contributed by atoms with Crippen molar-refractivity contribution in [3.05, 3.63) is 60.1 Å². The predicted octanol–water partition coefficient (Wildman–Crippen LogP) is 2.97. The Labute approximate surface area is 160 Å². The van der Waals surface area contributed by atoms with Gasteiger partial charge in [0.05, 0.1) is 24.5 Å². The number of imidazole rings is 2. The van der Waals surface area contributed by atoms with Crippen molar-refractivity contribution in [2.45, 2.75) is 39.5 Å². The lowest BCUT2D eigenvalue weighted by Crippen LogP contribution is -2.34. The minimum Gasteiger partial charge on any atom is -0.384 e. The van der Waals surface area contributed by atoms with E-state index >= 15 is 0 Å². The largest absolute Gasteiger partial charge is 0.384 e. The van der Waals surface area contributed by atoms with E-state index < -0.39 is 0 Å². The van der Waals surface area contributed by atoms with Gasteiger partial charge >= 0.3 is 0 Å². The van der Waals surface area contributed by atoms with Gasteiger partial charge in [-0.05, 0) is 6.92 Å². The van der Waals surface area contributed by atoms with E-state index in [0.29, 0.717) is 6.61 Å². The fourth-order valence-electron chi connectivity index (χ4n) is 3.82. The molecule has 0 N–H and O–H groups in total. The van der Waals surface area contributed by atoms with Crippen LogP contribution in [0.1, 0.15) is 24.3 Å². The van der Waals surface area contributed by atoms with Crippen molar-refractivity contribution in [2.24, 2.45) is 0 Å². The van der Waals surface area contributed by atoms with Gasteiger partial charge in [0.1, 0.15) is 11.6 Å². The molecule has 1 aliphatic heterocycles. The molecule has 6 heteroatoms. The van der Waals surface area contributed by atoms with E-state index in [1.807, 2.05) is 6.20 Å². The molecule has 142 valence electrons. The average molecular weight is 365 g/mol. The molecule has 3 aromatic rings. The number of hydrogen-bond donors (Lipinski definition) is 0. The SMILES string of the molecule is CCn1ccnc1CN1CCn2c(CCOC)nc(-c3ccccc3)c2C1. The third-order valence-corrected chi connectivity index (χ3v) is 5.25. The second kappa shape index (κ2) is 8.06. The molecule has 0 atom stereocenters. The van der Waals surface area contributed by atoms with Gasteiger partial charge in [-0.2, -0.15) is 0 Å². The fourth-order valence-corrected chi connectivity index (χ4v) is 3.82. The van der Waals surface area contributed by atoms with E-state index in [0.717, 1.165) is 56.5 Å². The summed E-state index contributed by atoms with van der Waals surface area (Å²) in [6.07, 6.45) is 4.80. The molecule has 3 heterocycles. The molecule has 0 amide bonds. The van der Waals surface area contributed by atoms with Crippen LogP contribution < -0.4 is 0 Å². The first-order valence-electron chi connectivity index (χ1n) is 9.65. The van der Waals surface area contributed by atoms with Crippen LogP contribution in [-0.4, -0.2) is 44.3 Å². The molecule has 0 fully saturated rings. The van der Waals surface area contributed by atoms with E-state index in [1.54, 1.807) is 7.11 Å². The summed E-state index contributed by atoms with van der Waals surface area (Å²) in [5.41, 5.74) is 3.58. The van der Waals surface area contributed by atoms with Crippen molar-refractivity contribution in [2.75, 3.05) is 20.3 Å². The third-order valence-electron chi connectivity index (χ3n) is 5.25. The lowest BCUT2D eigenvalue weighted by atomic mass is 10.1. The molecule has 0 bridgehead atoms.